The number of hydrogen-bond acceptors (Lipinski definition) is 5. The minimum Gasteiger partial charge on any atom is -0.331 e. The lowest BCUT2D eigenvalue weighted by molar-refractivity contribution is 0.636. The monoisotopic (exact) mass is 322 g/mol. The first-order valence-corrected chi connectivity index (χ1v) is 8.06. The van der Waals surface area contributed by atoms with Gasteiger partial charge in [0.05, 0.1) is 16.3 Å². The molecule has 0 saturated heterocycles. The van der Waals surface area contributed by atoms with Crippen LogP contribution in [0.1, 0.15) is 25.0 Å². The quantitative estimate of drug-likeness (QED) is 0.730. The zero-order valence-corrected chi connectivity index (χ0v) is 13.4. The van der Waals surface area contributed by atoms with Gasteiger partial charge >= 0.3 is 0 Å². The molecule has 3 aromatic rings. The molecule has 0 fully saturated rings. The number of halogens is 1. The van der Waals surface area contributed by atoms with E-state index in [1.165, 1.54) is 0 Å². The second-order valence-corrected chi connectivity index (χ2v) is 6.07. The van der Waals surface area contributed by atoms with E-state index in [-0.39, 0.29) is 0 Å². The number of rotatable bonds is 5. The van der Waals surface area contributed by atoms with Gasteiger partial charge in [-0.25, -0.2) is 9.97 Å². The van der Waals surface area contributed by atoms with Crippen molar-refractivity contribution in [3.05, 3.63) is 28.9 Å². The molecule has 0 unspecified atom stereocenters. The fraction of sp³-hybridized carbons (Fsp3) is 0.385. The molecule has 8 heteroatoms. The molecule has 0 spiro atoms. The Balaban J connectivity index is 1.77. The Morgan fingerprint density at radius 2 is 2.24 bits per heavy atom. The van der Waals surface area contributed by atoms with E-state index in [0.29, 0.717) is 16.4 Å². The Kier molecular flexibility index (Phi) is 4.12. The number of imidazole rings is 1. The molecule has 3 aromatic heterocycles. The molecule has 1 N–H and O–H groups in total. The van der Waals surface area contributed by atoms with Gasteiger partial charge < -0.3 is 9.55 Å². The Morgan fingerprint density at radius 1 is 1.38 bits per heavy atom. The maximum Gasteiger partial charge on any atom is 0.178 e. The second kappa shape index (κ2) is 6.03. The minimum atomic E-state index is 0.598. The van der Waals surface area contributed by atoms with Crippen LogP contribution in [-0.2, 0) is 12.3 Å². The molecule has 0 aromatic carbocycles. The van der Waals surface area contributed by atoms with E-state index in [2.05, 4.69) is 36.6 Å². The summed E-state index contributed by atoms with van der Waals surface area (Å²) in [5, 5.41) is 9.78. The molecule has 0 aliphatic heterocycles. The summed E-state index contributed by atoms with van der Waals surface area (Å²) in [6.07, 6.45) is 2.66. The number of pyridine rings is 1. The number of aryl methyl sites for hydroxylation is 1. The lowest BCUT2D eigenvalue weighted by Gasteiger charge is -2.05. The van der Waals surface area contributed by atoms with Crippen LogP contribution >= 0.6 is 23.4 Å². The SMILES string of the molecule is CCCn1c(C)nnc1CSc1nc2ncc(Cl)cc2[nH]1. The zero-order chi connectivity index (χ0) is 14.8. The normalized spacial score (nSPS) is 11.4. The topological polar surface area (TPSA) is 72.3 Å². The van der Waals surface area contributed by atoms with E-state index in [4.69, 9.17) is 11.6 Å². The number of aromatic amines is 1. The van der Waals surface area contributed by atoms with Crippen molar-refractivity contribution in [1.29, 1.82) is 0 Å². The maximum atomic E-state index is 5.92. The molecule has 110 valence electrons. The predicted octanol–water partition coefficient (Wildman–Crippen LogP) is 3.21. The Labute approximate surface area is 131 Å². The lowest BCUT2D eigenvalue weighted by Crippen LogP contribution is -2.04. The molecule has 0 aliphatic carbocycles. The number of fused-ring (bicyclic) bond motifs is 1. The van der Waals surface area contributed by atoms with Crippen molar-refractivity contribution in [1.82, 2.24) is 29.7 Å². The molecular formula is C13H15ClN6S. The summed E-state index contributed by atoms with van der Waals surface area (Å²) < 4.78 is 2.14. The Bertz CT molecular complexity index is 765. The van der Waals surface area contributed by atoms with E-state index >= 15 is 0 Å². The molecule has 0 saturated carbocycles. The fourth-order valence-corrected chi connectivity index (χ4v) is 3.07. The standard InChI is InChI=1S/C13H15ClN6S/c1-3-4-20-8(2)18-19-11(20)7-21-13-16-10-5-9(14)6-15-12(10)17-13/h5-6H,3-4,7H2,1-2H3,(H,15,16,17). The highest BCUT2D eigenvalue weighted by Crippen LogP contribution is 2.23. The first-order chi connectivity index (χ1) is 10.2. The molecule has 0 amide bonds. The van der Waals surface area contributed by atoms with Crippen molar-refractivity contribution in [3.63, 3.8) is 0 Å². The minimum absolute atomic E-state index is 0.598. The van der Waals surface area contributed by atoms with E-state index in [1.807, 2.05) is 13.0 Å². The number of H-pyrrole nitrogens is 1. The number of aromatic nitrogens is 6. The smallest absolute Gasteiger partial charge is 0.178 e. The van der Waals surface area contributed by atoms with E-state index in [1.54, 1.807) is 18.0 Å². The summed E-state index contributed by atoms with van der Waals surface area (Å²) >= 11 is 7.51. The fourth-order valence-electron chi connectivity index (χ4n) is 2.10. The van der Waals surface area contributed by atoms with E-state index < -0.39 is 0 Å². The summed E-state index contributed by atoms with van der Waals surface area (Å²) in [5.74, 6) is 2.63. The number of nitrogens with zero attached hydrogens (tertiary/aromatic N) is 5. The van der Waals surface area contributed by atoms with Crippen LogP contribution in [0, 0.1) is 6.92 Å². The van der Waals surface area contributed by atoms with Crippen molar-refractivity contribution >= 4 is 34.5 Å². The highest BCUT2D eigenvalue weighted by atomic mass is 35.5. The van der Waals surface area contributed by atoms with Crippen LogP contribution in [0.3, 0.4) is 0 Å². The van der Waals surface area contributed by atoms with Crippen LogP contribution in [0.5, 0.6) is 0 Å². The van der Waals surface area contributed by atoms with Crippen molar-refractivity contribution in [2.75, 3.05) is 0 Å². The van der Waals surface area contributed by atoms with Gasteiger partial charge in [-0.05, 0) is 19.4 Å². The average Bonchev–Trinajstić information content (AvgIpc) is 3.01. The highest BCUT2D eigenvalue weighted by molar-refractivity contribution is 7.98. The van der Waals surface area contributed by atoms with Gasteiger partial charge in [-0.3, -0.25) is 0 Å². The third-order valence-electron chi connectivity index (χ3n) is 3.08. The van der Waals surface area contributed by atoms with Gasteiger partial charge in [0.25, 0.3) is 0 Å². The van der Waals surface area contributed by atoms with Gasteiger partial charge in [-0.1, -0.05) is 30.3 Å². The van der Waals surface area contributed by atoms with Gasteiger partial charge in [0.1, 0.15) is 11.6 Å². The molecule has 6 nitrogen and oxygen atoms in total. The van der Waals surface area contributed by atoms with Gasteiger partial charge in [-0.2, -0.15) is 0 Å². The van der Waals surface area contributed by atoms with Gasteiger partial charge in [-0.15, -0.1) is 10.2 Å². The van der Waals surface area contributed by atoms with Crippen LogP contribution in [0.4, 0.5) is 0 Å². The number of nitrogens with one attached hydrogen (secondary N) is 1. The van der Waals surface area contributed by atoms with Crippen molar-refractivity contribution in [2.24, 2.45) is 0 Å². The summed E-state index contributed by atoms with van der Waals surface area (Å²) in [4.78, 5) is 11.8. The zero-order valence-electron chi connectivity index (χ0n) is 11.8. The Hall–Kier alpha value is -1.60. The third kappa shape index (κ3) is 3.03. The first kappa shape index (κ1) is 14.3. The summed E-state index contributed by atoms with van der Waals surface area (Å²) in [5.41, 5.74) is 1.52. The van der Waals surface area contributed by atoms with Gasteiger partial charge in [0.2, 0.25) is 0 Å². The lowest BCUT2D eigenvalue weighted by atomic mass is 10.4. The van der Waals surface area contributed by atoms with Crippen LogP contribution in [0.25, 0.3) is 11.2 Å². The van der Waals surface area contributed by atoms with Gasteiger partial charge in [0.15, 0.2) is 10.8 Å². The van der Waals surface area contributed by atoms with Crippen molar-refractivity contribution in [2.45, 2.75) is 37.7 Å². The number of thioether (sulfide) groups is 1. The molecule has 21 heavy (non-hydrogen) atoms. The summed E-state index contributed by atoms with van der Waals surface area (Å²) in [7, 11) is 0. The molecule has 0 atom stereocenters. The Morgan fingerprint density at radius 3 is 3.05 bits per heavy atom. The van der Waals surface area contributed by atoms with Crippen molar-refractivity contribution < 1.29 is 0 Å². The van der Waals surface area contributed by atoms with E-state index in [0.717, 1.165) is 35.3 Å². The average molecular weight is 323 g/mol. The van der Waals surface area contributed by atoms with Crippen molar-refractivity contribution in [3.8, 4) is 0 Å². The van der Waals surface area contributed by atoms with Crippen LogP contribution in [0.15, 0.2) is 17.4 Å². The summed E-state index contributed by atoms with van der Waals surface area (Å²) in [6.45, 7) is 5.06. The third-order valence-corrected chi connectivity index (χ3v) is 4.16. The van der Waals surface area contributed by atoms with Crippen LogP contribution in [0.2, 0.25) is 5.02 Å². The highest BCUT2D eigenvalue weighted by Gasteiger charge is 2.11. The summed E-state index contributed by atoms with van der Waals surface area (Å²) in [6, 6.07) is 1.82. The second-order valence-electron chi connectivity index (χ2n) is 4.67. The van der Waals surface area contributed by atoms with Crippen LogP contribution < -0.4 is 0 Å². The number of hydrogen-bond donors (Lipinski definition) is 1. The molecule has 3 rings (SSSR count). The first-order valence-electron chi connectivity index (χ1n) is 6.70. The molecule has 3 heterocycles. The predicted molar refractivity (Wildman–Crippen MR) is 83.5 cm³/mol. The van der Waals surface area contributed by atoms with Gasteiger partial charge in [0, 0.05) is 12.7 Å². The molecule has 0 bridgehead atoms. The maximum absolute atomic E-state index is 5.92. The van der Waals surface area contributed by atoms with E-state index in [9.17, 15) is 0 Å². The largest absolute Gasteiger partial charge is 0.331 e. The molecule has 0 aliphatic rings. The molecule has 0 radical (unpaired) electrons. The molecular weight excluding hydrogens is 308 g/mol. The van der Waals surface area contributed by atoms with Crippen LogP contribution in [-0.4, -0.2) is 29.7 Å².